The number of sulfone groups is 1. The molecule has 2 aromatic heterocycles. The number of aromatic amines is 1. The Morgan fingerprint density at radius 3 is 2.27 bits per heavy atom. The highest BCUT2D eigenvalue weighted by Gasteiger charge is 2.37. The van der Waals surface area contributed by atoms with Crippen molar-refractivity contribution in [3.8, 4) is 12.8 Å². The summed E-state index contributed by atoms with van der Waals surface area (Å²) in [5, 5.41) is 22.2. The van der Waals surface area contributed by atoms with Crippen LogP contribution in [0.2, 0.25) is 0 Å². The second-order valence-corrected chi connectivity index (χ2v) is 8.40. The van der Waals surface area contributed by atoms with E-state index in [0.29, 0.717) is 25.1 Å². The van der Waals surface area contributed by atoms with Gasteiger partial charge in [0, 0.05) is 12.1 Å². The van der Waals surface area contributed by atoms with Crippen molar-refractivity contribution < 1.29 is 18.3 Å². The van der Waals surface area contributed by atoms with Crippen LogP contribution in [0.25, 0.3) is 0 Å². The topological polar surface area (TPSA) is 139 Å². The van der Waals surface area contributed by atoms with Crippen LogP contribution in [-0.2, 0) is 21.1 Å². The number of H-pyrrole nitrogens is 1. The fourth-order valence-corrected chi connectivity index (χ4v) is 3.90. The van der Waals surface area contributed by atoms with Crippen LogP contribution < -0.4 is 0 Å². The Hall–Kier alpha value is -2.80. The maximum absolute atomic E-state index is 12.1. The third kappa shape index (κ3) is 8.69. The molecule has 10 heteroatoms. The van der Waals surface area contributed by atoms with Crippen LogP contribution in [-0.4, -0.2) is 50.4 Å². The number of aromatic nitrogens is 5. The molecule has 0 amide bonds. The van der Waals surface area contributed by atoms with Crippen molar-refractivity contribution in [2.45, 2.75) is 76.0 Å². The molecule has 0 saturated heterocycles. The van der Waals surface area contributed by atoms with E-state index in [1.54, 1.807) is 6.07 Å². The Bertz CT molecular complexity index is 845. The predicted molar refractivity (Wildman–Crippen MR) is 115 cm³/mol. The molecular formula is C20H31N5O4S. The van der Waals surface area contributed by atoms with E-state index >= 15 is 0 Å². The number of hydrogen-bond donors (Lipinski definition) is 2. The lowest BCUT2D eigenvalue weighted by Gasteiger charge is -2.11. The average Bonchev–Trinajstić information content (AvgIpc) is 3.47. The molecule has 2 aromatic rings. The number of carbonyl (C=O) groups is 1. The van der Waals surface area contributed by atoms with Crippen LogP contribution >= 0.6 is 0 Å². The van der Waals surface area contributed by atoms with E-state index in [4.69, 9.17) is 5.11 Å². The zero-order valence-corrected chi connectivity index (χ0v) is 18.8. The van der Waals surface area contributed by atoms with Crippen molar-refractivity contribution in [3.05, 3.63) is 29.7 Å². The first-order valence-corrected chi connectivity index (χ1v) is 11.4. The molecule has 0 aromatic carbocycles. The Balaban J connectivity index is 0.00000108. The molecule has 30 heavy (non-hydrogen) atoms. The summed E-state index contributed by atoms with van der Waals surface area (Å²) in [6.45, 7) is 8.25. The molecular weight excluding hydrogens is 406 g/mol. The molecule has 0 spiro atoms. The third-order valence-corrected chi connectivity index (χ3v) is 5.86. The van der Waals surface area contributed by atoms with Gasteiger partial charge in [0.05, 0.1) is 11.7 Å². The summed E-state index contributed by atoms with van der Waals surface area (Å²) in [4.78, 5) is 15.0. The number of rotatable bonds is 7. The quantitative estimate of drug-likeness (QED) is 0.630. The van der Waals surface area contributed by atoms with Gasteiger partial charge in [-0.05, 0) is 30.9 Å². The molecule has 1 atom stereocenters. The summed E-state index contributed by atoms with van der Waals surface area (Å²) in [6, 6.07) is 3.12. The molecule has 3 rings (SSSR count). The van der Waals surface area contributed by atoms with Crippen LogP contribution in [0, 0.1) is 12.8 Å². The van der Waals surface area contributed by atoms with Gasteiger partial charge in [0.1, 0.15) is 0 Å². The summed E-state index contributed by atoms with van der Waals surface area (Å²) in [5.41, 5.74) is 0.718. The standard InChI is InChI=1S/C13H15N5O4S.C3H8.C2H6.C2H2/c19-12(20)6-9(13-15-17-18-16-13)5-8-1-4-11(14-7-8)23(21,22)10-2-3-10;1-3-2;2*1-2/h1,4,7,9-10H,2-3,5-6H2,(H,19,20)(H,15,16,17,18);3H2,1-2H3;1-2H3;1-2H/t9-;;;/m0.../s1. The van der Waals surface area contributed by atoms with Gasteiger partial charge < -0.3 is 5.11 Å². The molecule has 0 radical (unpaired) electrons. The fraction of sp³-hybridized carbons (Fsp3) is 0.550. The number of aliphatic carboxylic acids is 1. The summed E-state index contributed by atoms with van der Waals surface area (Å²) >= 11 is 0. The van der Waals surface area contributed by atoms with Crippen molar-refractivity contribution in [2.75, 3.05) is 0 Å². The van der Waals surface area contributed by atoms with Crippen molar-refractivity contribution in [1.29, 1.82) is 0 Å². The maximum atomic E-state index is 12.1. The number of hydrogen-bond acceptors (Lipinski definition) is 7. The minimum Gasteiger partial charge on any atom is -0.481 e. The molecule has 0 unspecified atom stereocenters. The number of pyridine rings is 1. The van der Waals surface area contributed by atoms with Gasteiger partial charge in [-0.15, -0.1) is 23.0 Å². The number of carboxylic acids is 1. The number of nitrogens with one attached hydrogen (secondary N) is 1. The van der Waals surface area contributed by atoms with Gasteiger partial charge in [0.15, 0.2) is 20.7 Å². The van der Waals surface area contributed by atoms with Gasteiger partial charge in [-0.3, -0.25) is 4.79 Å². The van der Waals surface area contributed by atoms with E-state index in [2.05, 4.69) is 52.3 Å². The molecule has 1 aliphatic rings. The first-order chi connectivity index (χ1) is 14.4. The van der Waals surface area contributed by atoms with E-state index in [1.807, 2.05) is 13.8 Å². The summed E-state index contributed by atoms with van der Waals surface area (Å²) in [7, 11) is -3.32. The Morgan fingerprint density at radius 1 is 1.27 bits per heavy atom. The average molecular weight is 438 g/mol. The molecule has 0 aliphatic heterocycles. The van der Waals surface area contributed by atoms with Crippen molar-refractivity contribution in [3.63, 3.8) is 0 Å². The van der Waals surface area contributed by atoms with E-state index in [9.17, 15) is 13.2 Å². The highest BCUT2D eigenvalue weighted by Crippen LogP contribution is 2.32. The molecule has 9 nitrogen and oxygen atoms in total. The molecule has 2 N–H and O–H groups in total. The Labute approximate surface area is 178 Å². The molecule has 1 aliphatic carbocycles. The second kappa shape index (κ2) is 14.2. The van der Waals surface area contributed by atoms with Crippen molar-refractivity contribution >= 4 is 15.8 Å². The van der Waals surface area contributed by atoms with Gasteiger partial charge in [-0.1, -0.05) is 45.4 Å². The number of terminal acetylenes is 1. The smallest absolute Gasteiger partial charge is 0.304 e. The molecule has 166 valence electrons. The predicted octanol–water partition coefficient (Wildman–Crippen LogP) is 3.02. The molecule has 2 heterocycles. The number of nitrogens with zero attached hydrogens (tertiary/aromatic N) is 4. The fourth-order valence-electron chi connectivity index (χ4n) is 2.34. The van der Waals surface area contributed by atoms with Gasteiger partial charge in [-0.2, -0.15) is 5.21 Å². The largest absolute Gasteiger partial charge is 0.481 e. The van der Waals surface area contributed by atoms with E-state index < -0.39 is 21.7 Å². The first kappa shape index (κ1) is 27.2. The van der Waals surface area contributed by atoms with Crippen LogP contribution in [0.3, 0.4) is 0 Å². The summed E-state index contributed by atoms with van der Waals surface area (Å²) in [5.74, 6) is -1.12. The number of tetrazole rings is 1. The summed E-state index contributed by atoms with van der Waals surface area (Å²) in [6.07, 6.45) is 12.3. The highest BCUT2D eigenvalue weighted by atomic mass is 32.2. The molecule has 0 bridgehead atoms. The monoisotopic (exact) mass is 437 g/mol. The van der Waals surface area contributed by atoms with Crippen LogP contribution in [0.15, 0.2) is 23.4 Å². The number of carboxylic acid groups (broad SMARTS) is 1. The van der Waals surface area contributed by atoms with Crippen molar-refractivity contribution in [2.24, 2.45) is 0 Å². The van der Waals surface area contributed by atoms with E-state index in [0.717, 1.165) is 5.56 Å². The Kier molecular flexibility index (Phi) is 12.9. The molecule has 1 saturated carbocycles. The highest BCUT2D eigenvalue weighted by molar-refractivity contribution is 7.92. The SMILES string of the molecule is C#C.CC.CCC.O=C(O)C[C@H](Cc1ccc(S(=O)(=O)C2CC2)nc1)c1nn[nH]n1. The van der Waals surface area contributed by atoms with Gasteiger partial charge in [-0.25, -0.2) is 13.4 Å². The second-order valence-electron chi connectivity index (χ2n) is 6.23. The lowest BCUT2D eigenvalue weighted by Crippen LogP contribution is -2.12. The van der Waals surface area contributed by atoms with Gasteiger partial charge >= 0.3 is 5.97 Å². The lowest BCUT2D eigenvalue weighted by atomic mass is 9.96. The first-order valence-electron chi connectivity index (χ1n) is 9.85. The maximum Gasteiger partial charge on any atom is 0.304 e. The molecule has 1 fully saturated rings. The van der Waals surface area contributed by atoms with Crippen LogP contribution in [0.5, 0.6) is 0 Å². The zero-order chi connectivity index (χ0) is 23.2. The van der Waals surface area contributed by atoms with Crippen LogP contribution in [0.1, 0.15) is 70.7 Å². The van der Waals surface area contributed by atoms with Gasteiger partial charge in [0.25, 0.3) is 0 Å². The Morgan fingerprint density at radius 2 is 1.87 bits per heavy atom. The van der Waals surface area contributed by atoms with Crippen LogP contribution in [0.4, 0.5) is 0 Å². The lowest BCUT2D eigenvalue weighted by molar-refractivity contribution is -0.137. The van der Waals surface area contributed by atoms with E-state index in [-0.39, 0.29) is 16.7 Å². The minimum absolute atomic E-state index is 0.0677. The van der Waals surface area contributed by atoms with Gasteiger partial charge in [0.2, 0.25) is 0 Å². The normalized spacial score (nSPS) is 13.3. The zero-order valence-electron chi connectivity index (χ0n) is 17.9. The minimum atomic E-state index is -3.32. The summed E-state index contributed by atoms with van der Waals surface area (Å²) < 4.78 is 24.2. The third-order valence-electron chi connectivity index (χ3n) is 3.68. The van der Waals surface area contributed by atoms with E-state index in [1.165, 1.54) is 18.7 Å². The van der Waals surface area contributed by atoms with Crippen molar-refractivity contribution in [1.82, 2.24) is 25.6 Å².